The average Bonchev–Trinajstić information content (AvgIpc) is 2.72. The molecule has 1 aromatic heterocycles. The van der Waals surface area contributed by atoms with Gasteiger partial charge in [0.15, 0.2) is 0 Å². The van der Waals surface area contributed by atoms with Gasteiger partial charge in [-0.15, -0.1) is 0 Å². The third-order valence-electron chi connectivity index (χ3n) is 4.93. The molecule has 1 N–H and O–H groups in total. The smallest absolute Gasteiger partial charge is 0.322 e. The Morgan fingerprint density at radius 3 is 2.29 bits per heavy atom. The Morgan fingerprint density at radius 1 is 1.10 bits per heavy atom. The van der Waals surface area contributed by atoms with Crippen molar-refractivity contribution >= 4 is 5.97 Å². The van der Waals surface area contributed by atoms with Crippen LogP contribution in [0.1, 0.15) is 43.5 Å². The van der Waals surface area contributed by atoms with E-state index in [0.717, 1.165) is 0 Å². The Morgan fingerprint density at radius 2 is 1.74 bits per heavy atom. The van der Waals surface area contributed by atoms with Crippen molar-refractivity contribution in [1.29, 1.82) is 5.26 Å². The summed E-state index contributed by atoms with van der Waals surface area (Å²) >= 11 is 0. The number of rotatable bonds is 6. The van der Waals surface area contributed by atoms with E-state index in [0.29, 0.717) is 22.6 Å². The van der Waals surface area contributed by atoms with E-state index in [-0.39, 0.29) is 6.01 Å². The van der Waals surface area contributed by atoms with Crippen molar-refractivity contribution in [2.45, 2.75) is 26.7 Å². The quantitative estimate of drug-likeness (QED) is 0.593. The molecular weight excluding hydrogens is 397 g/mol. The molecular formula is C24H22FN3O3. The van der Waals surface area contributed by atoms with E-state index in [2.05, 4.69) is 9.97 Å². The maximum Gasteiger partial charge on any atom is 0.322 e. The molecule has 0 aliphatic carbocycles. The molecule has 1 heterocycles. The highest BCUT2D eigenvalue weighted by atomic mass is 19.1. The van der Waals surface area contributed by atoms with Crippen LogP contribution in [0.15, 0.2) is 60.8 Å². The molecule has 6 nitrogen and oxygen atoms in total. The molecule has 0 aliphatic rings. The fraction of sp³-hybridized carbons (Fsp3) is 0.250. The maximum atomic E-state index is 13.5. The summed E-state index contributed by atoms with van der Waals surface area (Å²) in [5.74, 6) is -2.42. The number of nitriles is 1. The number of carboxylic acids is 1. The molecule has 158 valence electrons. The van der Waals surface area contributed by atoms with E-state index in [1.807, 2.05) is 26.8 Å². The van der Waals surface area contributed by atoms with Crippen LogP contribution in [-0.4, -0.2) is 21.0 Å². The molecule has 31 heavy (non-hydrogen) atoms. The number of halogens is 1. The van der Waals surface area contributed by atoms with Crippen LogP contribution in [0.25, 0.3) is 0 Å². The predicted octanol–water partition coefficient (Wildman–Crippen LogP) is 5.16. The van der Waals surface area contributed by atoms with Gasteiger partial charge in [-0.1, -0.05) is 32.9 Å². The largest absolute Gasteiger partial charge is 0.481 e. The summed E-state index contributed by atoms with van der Waals surface area (Å²) in [6.45, 7) is 5.53. The van der Waals surface area contributed by atoms with Crippen molar-refractivity contribution in [3.8, 4) is 17.8 Å². The van der Waals surface area contributed by atoms with Gasteiger partial charge in [0.25, 0.3) is 0 Å². The van der Waals surface area contributed by atoms with Gasteiger partial charge in [-0.25, -0.2) is 9.37 Å². The molecule has 3 aromatic rings. The summed E-state index contributed by atoms with van der Waals surface area (Å²) in [6, 6.07) is 16.0. The van der Waals surface area contributed by atoms with Crippen molar-refractivity contribution in [2.24, 2.45) is 11.3 Å². The number of hydrogen-bond donors (Lipinski definition) is 1. The zero-order chi connectivity index (χ0) is 22.6. The third-order valence-corrected chi connectivity index (χ3v) is 4.93. The monoisotopic (exact) mass is 419 g/mol. The lowest BCUT2D eigenvalue weighted by atomic mass is 9.69. The zero-order valence-electron chi connectivity index (χ0n) is 17.4. The van der Waals surface area contributed by atoms with E-state index in [4.69, 9.17) is 10.00 Å². The Kier molecular flexibility index (Phi) is 6.30. The Balaban J connectivity index is 2.04. The molecule has 7 heteroatoms. The molecule has 0 fully saturated rings. The second kappa shape index (κ2) is 8.92. The van der Waals surface area contributed by atoms with Gasteiger partial charge in [-0.05, 0) is 53.4 Å². The lowest BCUT2D eigenvalue weighted by molar-refractivity contribution is -0.146. The first-order valence-corrected chi connectivity index (χ1v) is 9.68. The highest BCUT2D eigenvalue weighted by Crippen LogP contribution is 2.42. The SMILES string of the molecule is CC(C)(C)C(C(=O)O)C(c1ccc(F)cc1)c1ccnc(Oc2ccc(C#N)cc2)n1. The number of nitrogens with zero attached hydrogens (tertiary/aromatic N) is 3. The number of aromatic nitrogens is 2. The van der Waals surface area contributed by atoms with Crippen molar-refractivity contribution in [3.63, 3.8) is 0 Å². The fourth-order valence-corrected chi connectivity index (χ4v) is 3.50. The van der Waals surface area contributed by atoms with Gasteiger partial charge in [-0.3, -0.25) is 4.79 Å². The molecule has 0 spiro atoms. The van der Waals surface area contributed by atoms with E-state index in [1.54, 1.807) is 42.5 Å². The molecule has 2 unspecified atom stereocenters. The van der Waals surface area contributed by atoms with E-state index in [9.17, 15) is 14.3 Å². The summed E-state index contributed by atoms with van der Waals surface area (Å²) in [6.07, 6.45) is 1.50. The first-order valence-electron chi connectivity index (χ1n) is 9.68. The minimum Gasteiger partial charge on any atom is -0.481 e. The van der Waals surface area contributed by atoms with E-state index < -0.39 is 29.0 Å². The van der Waals surface area contributed by atoms with Crippen molar-refractivity contribution in [2.75, 3.05) is 0 Å². The second-order valence-corrected chi connectivity index (χ2v) is 8.21. The van der Waals surface area contributed by atoms with Gasteiger partial charge in [-0.2, -0.15) is 10.2 Å². The minimum atomic E-state index is -0.977. The van der Waals surface area contributed by atoms with Crippen LogP contribution < -0.4 is 4.74 Å². The Hall–Kier alpha value is -3.79. The number of carbonyl (C=O) groups is 1. The van der Waals surface area contributed by atoms with Gasteiger partial charge in [0.2, 0.25) is 0 Å². The molecule has 0 aliphatic heterocycles. The van der Waals surface area contributed by atoms with Gasteiger partial charge >= 0.3 is 12.0 Å². The fourth-order valence-electron chi connectivity index (χ4n) is 3.50. The van der Waals surface area contributed by atoms with Crippen LogP contribution in [0.2, 0.25) is 0 Å². The van der Waals surface area contributed by atoms with Gasteiger partial charge in [0.1, 0.15) is 11.6 Å². The zero-order valence-corrected chi connectivity index (χ0v) is 17.4. The normalized spacial score (nSPS) is 13.1. The number of aliphatic carboxylic acids is 1. The summed E-state index contributed by atoms with van der Waals surface area (Å²) in [7, 11) is 0. The van der Waals surface area contributed by atoms with Gasteiger partial charge < -0.3 is 9.84 Å². The highest BCUT2D eigenvalue weighted by molar-refractivity contribution is 5.73. The van der Waals surface area contributed by atoms with Crippen LogP contribution in [0.3, 0.4) is 0 Å². The Labute approximate surface area is 180 Å². The van der Waals surface area contributed by atoms with Crippen LogP contribution >= 0.6 is 0 Å². The molecule has 2 atom stereocenters. The lowest BCUT2D eigenvalue weighted by Gasteiger charge is -2.34. The number of ether oxygens (including phenoxy) is 1. The topological polar surface area (TPSA) is 96.1 Å². The van der Waals surface area contributed by atoms with Crippen LogP contribution in [0.4, 0.5) is 4.39 Å². The summed E-state index contributed by atoms with van der Waals surface area (Å²) in [5, 5.41) is 19.0. The molecule has 0 saturated carbocycles. The maximum absolute atomic E-state index is 13.5. The molecule has 3 rings (SSSR count). The first kappa shape index (κ1) is 21.9. The number of carboxylic acid groups (broad SMARTS) is 1. The lowest BCUT2D eigenvalue weighted by Crippen LogP contribution is -2.35. The summed E-state index contributed by atoms with van der Waals surface area (Å²) < 4.78 is 19.2. The second-order valence-electron chi connectivity index (χ2n) is 8.21. The van der Waals surface area contributed by atoms with Crippen LogP contribution in [0.5, 0.6) is 11.8 Å². The van der Waals surface area contributed by atoms with Gasteiger partial charge in [0, 0.05) is 12.1 Å². The van der Waals surface area contributed by atoms with Crippen molar-refractivity contribution in [1.82, 2.24) is 9.97 Å². The minimum absolute atomic E-state index is 0.0485. The number of hydrogen-bond acceptors (Lipinski definition) is 5. The first-order chi connectivity index (χ1) is 14.7. The standard InChI is InChI=1S/C24H22FN3O3/c1-24(2,3)21(22(29)30)20(16-6-8-17(25)9-7-16)19-12-13-27-23(28-19)31-18-10-4-15(14-26)5-11-18/h4-13,20-21H,1-3H3,(H,29,30). The van der Waals surface area contributed by atoms with Crippen LogP contribution in [0, 0.1) is 28.5 Å². The number of benzene rings is 2. The van der Waals surface area contributed by atoms with Crippen LogP contribution in [-0.2, 0) is 4.79 Å². The molecule has 2 aromatic carbocycles. The van der Waals surface area contributed by atoms with E-state index in [1.165, 1.54) is 18.3 Å². The molecule has 0 bridgehead atoms. The summed E-state index contributed by atoms with van der Waals surface area (Å²) in [4.78, 5) is 20.9. The molecule has 0 amide bonds. The highest BCUT2D eigenvalue weighted by Gasteiger charge is 2.40. The van der Waals surface area contributed by atoms with E-state index >= 15 is 0 Å². The third kappa shape index (κ3) is 5.23. The average molecular weight is 419 g/mol. The predicted molar refractivity (Wildman–Crippen MR) is 112 cm³/mol. The molecule has 0 radical (unpaired) electrons. The van der Waals surface area contributed by atoms with Gasteiger partial charge in [0.05, 0.1) is 23.2 Å². The Bertz CT molecular complexity index is 1100. The van der Waals surface area contributed by atoms with Crippen molar-refractivity contribution in [3.05, 3.63) is 83.4 Å². The molecule has 0 saturated heterocycles. The van der Waals surface area contributed by atoms with Crippen molar-refractivity contribution < 1.29 is 19.0 Å². The summed E-state index contributed by atoms with van der Waals surface area (Å²) in [5.41, 5.74) is 0.969.